The van der Waals surface area contributed by atoms with Gasteiger partial charge in [0.25, 0.3) is 5.69 Å². The molecule has 0 unspecified atom stereocenters. The number of rotatable bonds is 5. The van der Waals surface area contributed by atoms with E-state index in [9.17, 15) is 31.7 Å². The molecule has 2 aromatic carbocycles. The monoisotopic (exact) mass is 466 g/mol. The number of sulfonamides is 1. The Hall–Kier alpha value is -2.41. The van der Waals surface area contributed by atoms with Gasteiger partial charge in [-0.25, -0.2) is 8.42 Å². The van der Waals surface area contributed by atoms with Gasteiger partial charge in [0.15, 0.2) is 0 Å². The van der Waals surface area contributed by atoms with E-state index in [0.29, 0.717) is 12.1 Å². The second-order valence-corrected chi connectivity index (χ2v) is 8.49. The molecule has 0 radical (unpaired) electrons. The quantitative estimate of drug-likeness (QED) is 0.486. The van der Waals surface area contributed by atoms with Crippen molar-refractivity contribution in [2.45, 2.75) is 11.1 Å². The van der Waals surface area contributed by atoms with E-state index in [-0.39, 0.29) is 47.7 Å². The molecule has 0 atom stereocenters. The van der Waals surface area contributed by atoms with Crippen LogP contribution >= 0.6 is 11.6 Å². The first-order chi connectivity index (χ1) is 14.0. The Kier molecular flexibility index (Phi) is 6.22. The summed E-state index contributed by atoms with van der Waals surface area (Å²) in [6, 6.07) is 5.67. The van der Waals surface area contributed by atoms with Gasteiger partial charge in [-0.3, -0.25) is 10.1 Å². The van der Waals surface area contributed by atoms with E-state index in [1.165, 1.54) is 16.4 Å². The highest BCUT2D eigenvalue weighted by molar-refractivity contribution is 7.89. The lowest BCUT2D eigenvalue weighted by atomic mass is 10.1. The fourth-order valence-corrected chi connectivity index (χ4v) is 4.47. The highest BCUT2D eigenvalue weighted by Gasteiger charge is 2.38. The van der Waals surface area contributed by atoms with Crippen LogP contribution in [0.2, 0.25) is 5.02 Å². The second kappa shape index (κ2) is 8.38. The summed E-state index contributed by atoms with van der Waals surface area (Å²) >= 11 is 6.07. The molecule has 1 fully saturated rings. The SMILES string of the molecule is O=[N+]([O-])c1ccc(Oc2ccc(S(=O)(=O)N3CCOCC3)cc2Cl)cc1C(F)(F)F. The van der Waals surface area contributed by atoms with Crippen LogP contribution in [-0.2, 0) is 20.9 Å². The maximum atomic E-state index is 13.1. The van der Waals surface area contributed by atoms with Crippen LogP contribution in [0.25, 0.3) is 0 Å². The van der Waals surface area contributed by atoms with Crippen LogP contribution in [-0.4, -0.2) is 43.9 Å². The Labute approximate surface area is 174 Å². The summed E-state index contributed by atoms with van der Waals surface area (Å²) in [5.74, 6) is -0.460. The van der Waals surface area contributed by atoms with Crippen LogP contribution in [0, 0.1) is 10.1 Å². The first kappa shape index (κ1) is 22.3. The Bertz CT molecular complexity index is 1070. The van der Waals surface area contributed by atoms with Crippen LogP contribution in [0.4, 0.5) is 18.9 Å². The summed E-state index contributed by atoms with van der Waals surface area (Å²) in [5.41, 5.74) is -2.60. The molecule has 0 amide bonds. The first-order valence-corrected chi connectivity index (χ1v) is 10.2. The second-order valence-electron chi connectivity index (χ2n) is 6.14. The summed E-state index contributed by atoms with van der Waals surface area (Å²) in [6.07, 6.45) is -4.97. The van der Waals surface area contributed by atoms with Gasteiger partial charge in [-0.05, 0) is 30.3 Å². The van der Waals surface area contributed by atoms with E-state index in [4.69, 9.17) is 21.1 Å². The van der Waals surface area contributed by atoms with Crippen LogP contribution in [0.1, 0.15) is 5.56 Å². The standard InChI is InChI=1S/C17H14ClF3N2O6S/c18-14-10-12(30(26,27)22-5-7-28-8-6-22)2-4-16(14)29-11-1-3-15(23(24)25)13(9-11)17(19,20)21/h1-4,9-10H,5-8H2. The Balaban J connectivity index is 1.89. The molecule has 1 aliphatic heterocycles. The molecule has 162 valence electrons. The number of nitro benzene ring substituents is 1. The van der Waals surface area contributed by atoms with Crippen molar-refractivity contribution in [3.8, 4) is 11.5 Å². The number of hydrogen-bond acceptors (Lipinski definition) is 6. The van der Waals surface area contributed by atoms with Crippen molar-refractivity contribution < 1.29 is 36.0 Å². The molecule has 0 aromatic heterocycles. The van der Waals surface area contributed by atoms with E-state index >= 15 is 0 Å². The van der Waals surface area contributed by atoms with Gasteiger partial charge >= 0.3 is 6.18 Å². The number of benzene rings is 2. The average molecular weight is 467 g/mol. The summed E-state index contributed by atoms with van der Waals surface area (Å²) < 4.78 is 76.3. The molecule has 1 heterocycles. The van der Waals surface area contributed by atoms with Crippen molar-refractivity contribution >= 4 is 27.3 Å². The lowest BCUT2D eigenvalue weighted by molar-refractivity contribution is -0.388. The minimum absolute atomic E-state index is 0.110. The van der Waals surface area contributed by atoms with Crippen molar-refractivity contribution in [1.82, 2.24) is 4.31 Å². The summed E-state index contributed by atoms with van der Waals surface area (Å²) in [4.78, 5) is 9.57. The molecule has 2 aromatic rings. The molecule has 1 aliphatic rings. The van der Waals surface area contributed by atoms with Gasteiger partial charge in [0.2, 0.25) is 10.0 Å². The number of nitro groups is 1. The zero-order valence-corrected chi connectivity index (χ0v) is 16.6. The molecule has 0 saturated carbocycles. The van der Waals surface area contributed by atoms with Crippen LogP contribution in [0.3, 0.4) is 0 Å². The van der Waals surface area contributed by atoms with Gasteiger partial charge in [-0.2, -0.15) is 17.5 Å². The molecule has 0 aliphatic carbocycles. The molecule has 13 heteroatoms. The van der Waals surface area contributed by atoms with Crippen molar-refractivity contribution in [2.24, 2.45) is 0 Å². The van der Waals surface area contributed by atoms with Gasteiger partial charge in [0, 0.05) is 19.2 Å². The topological polar surface area (TPSA) is 99.0 Å². The molecule has 8 nitrogen and oxygen atoms in total. The maximum absolute atomic E-state index is 13.1. The number of nitrogens with zero attached hydrogens (tertiary/aromatic N) is 2. The molecule has 3 rings (SSSR count). The minimum Gasteiger partial charge on any atom is -0.456 e. The molecule has 0 N–H and O–H groups in total. The third-order valence-corrected chi connectivity index (χ3v) is 6.40. The van der Waals surface area contributed by atoms with E-state index < -0.39 is 32.4 Å². The third kappa shape index (κ3) is 4.67. The highest BCUT2D eigenvalue weighted by atomic mass is 35.5. The lowest BCUT2D eigenvalue weighted by Gasteiger charge is -2.26. The molecule has 1 saturated heterocycles. The van der Waals surface area contributed by atoms with Crippen molar-refractivity contribution in [3.63, 3.8) is 0 Å². The first-order valence-electron chi connectivity index (χ1n) is 8.41. The van der Waals surface area contributed by atoms with Crippen LogP contribution in [0.15, 0.2) is 41.3 Å². The van der Waals surface area contributed by atoms with Gasteiger partial charge in [0.05, 0.1) is 28.1 Å². The average Bonchev–Trinajstić information content (AvgIpc) is 2.69. The summed E-state index contributed by atoms with van der Waals surface area (Å²) in [5, 5.41) is 10.7. The summed E-state index contributed by atoms with van der Waals surface area (Å²) in [6.45, 7) is 0.883. The predicted octanol–water partition coefficient (Wildman–Crippen LogP) is 4.08. The van der Waals surface area contributed by atoms with Crippen molar-refractivity contribution in [1.29, 1.82) is 0 Å². The van der Waals surface area contributed by atoms with E-state index in [0.717, 1.165) is 12.1 Å². The van der Waals surface area contributed by atoms with Gasteiger partial charge < -0.3 is 9.47 Å². The van der Waals surface area contributed by atoms with Crippen LogP contribution < -0.4 is 4.74 Å². The van der Waals surface area contributed by atoms with E-state index in [1.807, 2.05) is 0 Å². The Morgan fingerprint density at radius 2 is 1.80 bits per heavy atom. The minimum atomic E-state index is -4.97. The number of hydrogen-bond donors (Lipinski definition) is 0. The molecule has 30 heavy (non-hydrogen) atoms. The normalized spacial score (nSPS) is 15.7. The molecule has 0 spiro atoms. The fraction of sp³-hybridized carbons (Fsp3) is 0.294. The van der Waals surface area contributed by atoms with Gasteiger partial charge in [-0.1, -0.05) is 11.6 Å². The lowest BCUT2D eigenvalue weighted by Crippen LogP contribution is -2.40. The third-order valence-electron chi connectivity index (χ3n) is 4.21. The number of alkyl halides is 3. The van der Waals surface area contributed by atoms with Crippen molar-refractivity contribution in [2.75, 3.05) is 26.3 Å². The zero-order valence-electron chi connectivity index (χ0n) is 15.1. The fourth-order valence-electron chi connectivity index (χ4n) is 2.75. The molecular weight excluding hydrogens is 453 g/mol. The van der Waals surface area contributed by atoms with Gasteiger partial charge in [-0.15, -0.1) is 0 Å². The van der Waals surface area contributed by atoms with E-state index in [2.05, 4.69) is 0 Å². The molecular formula is C17H14ClF3N2O6S. The van der Waals surface area contributed by atoms with Gasteiger partial charge in [0.1, 0.15) is 17.1 Å². The number of morpholine rings is 1. The molecule has 0 bridgehead atoms. The van der Waals surface area contributed by atoms with Crippen molar-refractivity contribution in [3.05, 3.63) is 57.1 Å². The maximum Gasteiger partial charge on any atom is 0.423 e. The Morgan fingerprint density at radius 1 is 1.13 bits per heavy atom. The number of ether oxygens (including phenoxy) is 2. The summed E-state index contributed by atoms with van der Waals surface area (Å²) in [7, 11) is -3.83. The van der Waals surface area contributed by atoms with Crippen LogP contribution in [0.5, 0.6) is 11.5 Å². The largest absolute Gasteiger partial charge is 0.456 e. The Morgan fingerprint density at radius 3 is 2.37 bits per heavy atom. The smallest absolute Gasteiger partial charge is 0.423 e. The highest BCUT2D eigenvalue weighted by Crippen LogP contribution is 2.40. The predicted molar refractivity (Wildman–Crippen MR) is 99.2 cm³/mol. The van der Waals surface area contributed by atoms with E-state index in [1.54, 1.807) is 0 Å². The zero-order chi connectivity index (χ0) is 22.1. The number of halogens is 4.